The molecule has 0 aliphatic carbocycles. The third-order valence-corrected chi connectivity index (χ3v) is 3.12. The summed E-state index contributed by atoms with van der Waals surface area (Å²) < 4.78 is 39.5. The summed E-state index contributed by atoms with van der Waals surface area (Å²) in [6.07, 6.45) is 0.133. The molecule has 0 radical (unpaired) electrons. The number of aryl methyl sites for hydroxylation is 1. The minimum absolute atomic E-state index is 0.0161. The Bertz CT molecular complexity index is 674. The van der Waals surface area contributed by atoms with Gasteiger partial charge in [0, 0.05) is 18.8 Å². The first-order chi connectivity index (χ1) is 10.3. The Morgan fingerprint density at radius 2 is 1.86 bits per heavy atom. The van der Waals surface area contributed by atoms with E-state index < -0.39 is 11.7 Å². The number of nitrogens with two attached hydrogens (primary N) is 1. The van der Waals surface area contributed by atoms with Crippen LogP contribution in [0.5, 0.6) is 0 Å². The SMILES string of the molecule is Cc1ccc(/C=C/c2c(N(C)N)cccc2C(F)(F)F)nc1. The number of hydrogen-bond donors (Lipinski definition) is 1. The normalized spacial score (nSPS) is 11.9. The molecule has 0 saturated heterocycles. The largest absolute Gasteiger partial charge is 0.417 e. The van der Waals surface area contributed by atoms with Crippen molar-refractivity contribution < 1.29 is 13.2 Å². The van der Waals surface area contributed by atoms with Crippen molar-refractivity contribution in [3.8, 4) is 0 Å². The monoisotopic (exact) mass is 307 g/mol. The first-order valence-corrected chi connectivity index (χ1v) is 6.58. The molecule has 2 aromatic rings. The standard InChI is InChI=1S/C16H16F3N3/c1-11-6-7-12(21-10-11)8-9-13-14(16(17,18)19)4-3-5-15(13)22(2)20/h3-10H,20H2,1-2H3/b9-8+. The number of anilines is 1. The Hall–Kier alpha value is -2.34. The number of halogens is 3. The van der Waals surface area contributed by atoms with Gasteiger partial charge in [0.15, 0.2) is 0 Å². The summed E-state index contributed by atoms with van der Waals surface area (Å²) >= 11 is 0. The van der Waals surface area contributed by atoms with Crippen LogP contribution in [-0.2, 0) is 6.18 Å². The Morgan fingerprint density at radius 1 is 1.14 bits per heavy atom. The lowest BCUT2D eigenvalue weighted by Gasteiger charge is -2.19. The van der Waals surface area contributed by atoms with Gasteiger partial charge in [0.25, 0.3) is 0 Å². The number of alkyl halides is 3. The molecule has 2 N–H and O–H groups in total. The quantitative estimate of drug-likeness (QED) is 0.691. The highest BCUT2D eigenvalue weighted by atomic mass is 19.4. The average molecular weight is 307 g/mol. The summed E-state index contributed by atoms with van der Waals surface area (Å²) in [6, 6.07) is 7.50. The fourth-order valence-corrected chi connectivity index (χ4v) is 2.03. The molecule has 1 heterocycles. The van der Waals surface area contributed by atoms with Gasteiger partial charge in [0.1, 0.15) is 0 Å². The molecule has 0 fully saturated rings. The molecule has 0 amide bonds. The van der Waals surface area contributed by atoms with E-state index in [2.05, 4.69) is 4.98 Å². The highest BCUT2D eigenvalue weighted by molar-refractivity contribution is 5.78. The van der Waals surface area contributed by atoms with Crippen LogP contribution < -0.4 is 10.9 Å². The fourth-order valence-electron chi connectivity index (χ4n) is 2.03. The fraction of sp³-hybridized carbons (Fsp3) is 0.188. The molecule has 0 bridgehead atoms. The van der Waals surface area contributed by atoms with Crippen LogP contribution in [0, 0.1) is 6.92 Å². The van der Waals surface area contributed by atoms with E-state index in [1.165, 1.54) is 31.3 Å². The minimum Gasteiger partial charge on any atom is -0.314 e. The van der Waals surface area contributed by atoms with Crippen molar-refractivity contribution in [2.24, 2.45) is 5.84 Å². The van der Waals surface area contributed by atoms with Crippen LogP contribution in [0.3, 0.4) is 0 Å². The second-order valence-corrected chi connectivity index (χ2v) is 4.94. The lowest BCUT2D eigenvalue weighted by Crippen LogP contribution is -2.26. The van der Waals surface area contributed by atoms with Gasteiger partial charge in [-0.25, -0.2) is 5.84 Å². The maximum Gasteiger partial charge on any atom is 0.417 e. The van der Waals surface area contributed by atoms with E-state index in [1.54, 1.807) is 12.3 Å². The number of hydrazine groups is 1. The van der Waals surface area contributed by atoms with Crippen molar-refractivity contribution in [3.05, 3.63) is 58.9 Å². The van der Waals surface area contributed by atoms with Gasteiger partial charge in [0.2, 0.25) is 0 Å². The molecule has 1 aromatic carbocycles. The van der Waals surface area contributed by atoms with Crippen LogP contribution in [0.4, 0.5) is 18.9 Å². The van der Waals surface area contributed by atoms with Crippen LogP contribution in [-0.4, -0.2) is 12.0 Å². The molecule has 0 unspecified atom stereocenters. The summed E-state index contributed by atoms with van der Waals surface area (Å²) in [5, 5.41) is 1.16. The van der Waals surface area contributed by atoms with E-state index in [0.717, 1.165) is 16.6 Å². The van der Waals surface area contributed by atoms with Gasteiger partial charge in [-0.05, 0) is 36.8 Å². The Kier molecular flexibility index (Phi) is 4.51. The highest BCUT2D eigenvalue weighted by Gasteiger charge is 2.33. The predicted octanol–water partition coefficient (Wildman–Crippen LogP) is 3.89. The maximum atomic E-state index is 13.2. The highest BCUT2D eigenvalue weighted by Crippen LogP contribution is 2.36. The molecule has 2 rings (SSSR count). The van der Waals surface area contributed by atoms with Gasteiger partial charge in [-0.15, -0.1) is 0 Å². The smallest absolute Gasteiger partial charge is 0.314 e. The molecule has 1 aromatic heterocycles. The predicted molar refractivity (Wildman–Crippen MR) is 81.9 cm³/mol. The zero-order valence-corrected chi connectivity index (χ0v) is 12.2. The van der Waals surface area contributed by atoms with Crippen molar-refractivity contribution in [2.45, 2.75) is 13.1 Å². The molecule has 6 heteroatoms. The first kappa shape index (κ1) is 16.0. The molecule has 0 atom stereocenters. The van der Waals surface area contributed by atoms with Crippen LogP contribution in [0.1, 0.15) is 22.4 Å². The lowest BCUT2D eigenvalue weighted by molar-refractivity contribution is -0.137. The Labute approximate surface area is 126 Å². The van der Waals surface area contributed by atoms with Crippen molar-refractivity contribution in [1.29, 1.82) is 0 Å². The molecular formula is C16H16F3N3. The zero-order chi connectivity index (χ0) is 16.3. The number of hydrogen-bond acceptors (Lipinski definition) is 3. The molecule has 116 valence electrons. The molecule has 0 spiro atoms. The van der Waals surface area contributed by atoms with Crippen molar-refractivity contribution in [2.75, 3.05) is 12.1 Å². The van der Waals surface area contributed by atoms with Crippen molar-refractivity contribution in [1.82, 2.24) is 4.98 Å². The second-order valence-electron chi connectivity index (χ2n) is 4.94. The van der Waals surface area contributed by atoms with Crippen LogP contribution in [0.2, 0.25) is 0 Å². The van der Waals surface area contributed by atoms with Crippen LogP contribution in [0.25, 0.3) is 12.2 Å². The summed E-state index contributed by atoms with van der Waals surface area (Å²) in [5.41, 5.74) is 1.13. The third-order valence-electron chi connectivity index (χ3n) is 3.12. The molecule has 22 heavy (non-hydrogen) atoms. The van der Waals surface area contributed by atoms with E-state index >= 15 is 0 Å². The van der Waals surface area contributed by atoms with E-state index in [1.807, 2.05) is 13.0 Å². The summed E-state index contributed by atoms with van der Waals surface area (Å²) in [6.45, 7) is 1.89. The van der Waals surface area contributed by atoms with Gasteiger partial charge >= 0.3 is 6.18 Å². The molecule has 0 aliphatic rings. The topological polar surface area (TPSA) is 42.1 Å². The first-order valence-electron chi connectivity index (χ1n) is 6.58. The molecular weight excluding hydrogens is 291 g/mol. The van der Waals surface area contributed by atoms with Gasteiger partial charge in [-0.3, -0.25) is 4.98 Å². The van der Waals surface area contributed by atoms with Gasteiger partial charge in [0.05, 0.1) is 16.9 Å². The molecule has 3 nitrogen and oxygen atoms in total. The molecule has 0 aliphatic heterocycles. The van der Waals surface area contributed by atoms with Gasteiger partial charge in [-0.2, -0.15) is 13.2 Å². The number of rotatable bonds is 3. The van der Waals surface area contributed by atoms with E-state index in [9.17, 15) is 13.2 Å². The van der Waals surface area contributed by atoms with Crippen LogP contribution in [0.15, 0.2) is 36.5 Å². The van der Waals surface area contributed by atoms with Gasteiger partial charge in [-0.1, -0.05) is 18.2 Å². The van der Waals surface area contributed by atoms with E-state index in [4.69, 9.17) is 5.84 Å². The van der Waals surface area contributed by atoms with E-state index in [-0.39, 0.29) is 11.3 Å². The summed E-state index contributed by atoms with van der Waals surface area (Å²) in [7, 11) is 1.50. The summed E-state index contributed by atoms with van der Waals surface area (Å²) in [4.78, 5) is 4.15. The lowest BCUT2D eigenvalue weighted by atomic mass is 10.0. The second kappa shape index (κ2) is 6.19. The maximum absolute atomic E-state index is 13.2. The van der Waals surface area contributed by atoms with E-state index in [0.29, 0.717) is 5.69 Å². The number of pyridine rings is 1. The zero-order valence-electron chi connectivity index (χ0n) is 12.2. The van der Waals surface area contributed by atoms with Crippen molar-refractivity contribution >= 4 is 17.8 Å². The van der Waals surface area contributed by atoms with Crippen LogP contribution >= 0.6 is 0 Å². The van der Waals surface area contributed by atoms with Gasteiger partial charge < -0.3 is 5.01 Å². The number of benzene rings is 1. The average Bonchev–Trinajstić information content (AvgIpc) is 2.45. The number of aromatic nitrogens is 1. The summed E-state index contributed by atoms with van der Waals surface area (Å²) in [5.74, 6) is 5.63. The number of nitrogens with zero attached hydrogens (tertiary/aromatic N) is 2. The molecule has 0 saturated carbocycles. The minimum atomic E-state index is -4.45. The Morgan fingerprint density at radius 3 is 2.41 bits per heavy atom. The Balaban J connectivity index is 2.50. The van der Waals surface area contributed by atoms with Crippen molar-refractivity contribution in [3.63, 3.8) is 0 Å². The third kappa shape index (κ3) is 3.65.